The first-order chi connectivity index (χ1) is 9.57. The van der Waals surface area contributed by atoms with E-state index in [1.165, 1.54) is 23.5 Å². The van der Waals surface area contributed by atoms with Crippen LogP contribution in [0.2, 0.25) is 0 Å². The first-order valence-electron chi connectivity index (χ1n) is 6.79. The SMILES string of the molecule is O=S1(=O)c2ccccc2N=CN1CC1(CBr)CCCC1. The van der Waals surface area contributed by atoms with Gasteiger partial charge in [-0.25, -0.2) is 13.4 Å². The minimum Gasteiger partial charge on any atom is -0.256 e. The van der Waals surface area contributed by atoms with Gasteiger partial charge in [0.2, 0.25) is 0 Å². The molecule has 1 saturated carbocycles. The van der Waals surface area contributed by atoms with Crippen LogP contribution in [0.3, 0.4) is 0 Å². The summed E-state index contributed by atoms with van der Waals surface area (Å²) in [7, 11) is -3.46. The topological polar surface area (TPSA) is 49.7 Å². The van der Waals surface area contributed by atoms with Crippen molar-refractivity contribution in [1.82, 2.24) is 4.31 Å². The summed E-state index contributed by atoms with van der Waals surface area (Å²) in [6, 6.07) is 6.91. The summed E-state index contributed by atoms with van der Waals surface area (Å²) in [5, 5.41) is 0.835. The lowest BCUT2D eigenvalue weighted by Gasteiger charge is -2.33. The summed E-state index contributed by atoms with van der Waals surface area (Å²) < 4.78 is 26.8. The number of aliphatic imine (C=N–C) groups is 1. The Morgan fingerprint density at radius 1 is 1.25 bits per heavy atom. The van der Waals surface area contributed by atoms with Crippen LogP contribution in [0, 0.1) is 5.41 Å². The Morgan fingerprint density at radius 3 is 2.65 bits per heavy atom. The van der Waals surface area contributed by atoms with Crippen molar-refractivity contribution < 1.29 is 8.42 Å². The Morgan fingerprint density at radius 2 is 1.95 bits per heavy atom. The van der Waals surface area contributed by atoms with Gasteiger partial charge in [-0.1, -0.05) is 40.9 Å². The Hall–Kier alpha value is -0.880. The summed E-state index contributed by atoms with van der Waals surface area (Å²) in [6.45, 7) is 0.512. The van der Waals surface area contributed by atoms with E-state index in [-0.39, 0.29) is 5.41 Å². The highest BCUT2D eigenvalue weighted by atomic mass is 79.9. The normalized spacial score (nSPS) is 22.8. The maximum atomic E-state index is 12.7. The van der Waals surface area contributed by atoms with Crippen LogP contribution in [0.25, 0.3) is 0 Å². The van der Waals surface area contributed by atoms with Crippen LogP contribution >= 0.6 is 15.9 Å². The minimum atomic E-state index is -3.46. The highest BCUT2D eigenvalue weighted by molar-refractivity contribution is 9.09. The molecule has 6 heteroatoms. The summed E-state index contributed by atoms with van der Waals surface area (Å²) in [4.78, 5) is 4.59. The van der Waals surface area contributed by atoms with Crippen molar-refractivity contribution >= 4 is 38.0 Å². The number of alkyl halides is 1. The molecule has 1 aliphatic heterocycles. The van der Waals surface area contributed by atoms with Gasteiger partial charge in [0, 0.05) is 11.9 Å². The molecule has 4 nitrogen and oxygen atoms in total. The lowest BCUT2D eigenvalue weighted by atomic mass is 9.89. The highest BCUT2D eigenvalue weighted by Crippen LogP contribution is 2.42. The number of rotatable bonds is 3. The van der Waals surface area contributed by atoms with Crippen molar-refractivity contribution in [3.05, 3.63) is 24.3 Å². The molecule has 0 aromatic heterocycles. The minimum absolute atomic E-state index is 0.0470. The zero-order chi connectivity index (χ0) is 14.2. The van der Waals surface area contributed by atoms with Crippen molar-refractivity contribution in [1.29, 1.82) is 0 Å². The predicted octanol–water partition coefficient (Wildman–Crippen LogP) is 3.31. The van der Waals surface area contributed by atoms with E-state index < -0.39 is 10.0 Å². The average Bonchev–Trinajstić information content (AvgIpc) is 2.92. The molecule has 1 aromatic rings. The van der Waals surface area contributed by atoms with E-state index in [1.54, 1.807) is 24.3 Å². The molecule has 3 rings (SSSR count). The second-order valence-electron chi connectivity index (χ2n) is 5.60. The molecule has 1 aliphatic carbocycles. The average molecular weight is 357 g/mol. The summed E-state index contributed by atoms with van der Waals surface area (Å²) in [5.41, 5.74) is 0.578. The molecule has 0 spiro atoms. The maximum absolute atomic E-state index is 12.7. The smallest absolute Gasteiger partial charge is 0.256 e. The van der Waals surface area contributed by atoms with Crippen LogP contribution < -0.4 is 0 Å². The number of hydrogen-bond donors (Lipinski definition) is 0. The van der Waals surface area contributed by atoms with E-state index in [4.69, 9.17) is 0 Å². The molecule has 1 heterocycles. The lowest BCUT2D eigenvalue weighted by molar-refractivity contribution is 0.299. The van der Waals surface area contributed by atoms with E-state index >= 15 is 0 Å². The first kappa shape index (κ1) is 14.1. The zero-order valence-electron chi connectivity index (χ0n) is 11.1. The van der Waals surface area contributed by atoms with Crippen molar-refractivity contribution in [2.75, 3.05) is 11.9 Å². The molecule has 0 amide bonds. The van der Waals surface area contributed by atoms with Gasteiger partial charge in [-0.2, -0.15) is 0 Å². The molecule has 0 unspecified atom stereocenters. The van der Waals surface area contributed by atoms with Crippen molar-refractivity contribution in [2.45, 2.75) is 30.6 Å². The maximum Gasteiger partial charge on any atom is 0.267 e. The number of para-hydroxylation sites is 1. The standard InChI is InChI=1S/C14H17BrN2O2S/c15-9-14(7-3-4-8-14)10-17-11-16-12-5-1-2-6-13(12)20(17,18)19/h1-2,5-6,11H,3-4,7-10H2. The zero-order valence-corrected chi connectivity index (χ0v) is 13.5. The third-order valence-electron chi connectivity index (χ3n) is 4.22. The number of benzene rings is 1. The van der Waals surface area contributed by atoms with Crippen LogP contribution in [-0.2, 0) is 10.0 Å². The highest BCUT2D eigenvalue weighted by Gasteiger charge is 2.39. The third kappa shape index (κ3) is 2.29. The molecule has 0 atom stereocenters. The number of sulfonamides is 1. The van der Waals surface area contributed by atoms with Crippen LogP contribution in [0.5, 0.6) is 0 Å². The fraction of sp³-hybridized carbons (Fsp3) is 0.500. The van der Waals surface area contributed by atoms with Crippen LogP contribution in [0.15, 0.2) is 34.2 Å². The molecule has 1 aromatic carbocycles. The van der Waals surface area contributed by atoms with E-state index in [1.807, 2.05) is 0 Å². The van der Waals surface area contributed by atoms with Gasteiger partial charge in [-0.05, 0) is 30.4 Å². The second kappa shape index (κ2) is 5.15. The van der Waals surface area contributed by atoms with Crippen molar-refractivity contribution in [3.63, 3.8) is 0 Å². The predicted molar refractivity (Wildman–Crippen MR) is 83.2 cm³/mol. The molecular weight excluding hydrogens is 340 g/mol. The molecule has 2 aliphatic rings. The molecular formula is C14H17BrN2O2S. The lowest BCUT2D eigenvalue weighted by Crippen LogP contribution is -2.41. The van der Waals surface area contributed by atoms with E-state index in [0.29, 0.717) is 17.1 Å². The van der Waals surface area contributed by atoms with Gasteiger partial charge in [-0.15, -0.1) is 0 Å². The van der Waals surface area contributed by atoms with Gasteiger partial charge in [0.05, 0.1) is 5.69 Å². The monoisotopic (exact) mass is 356 g/mol. The Balaban J connectivity index is 1.93. The molecule has 20 heavy (non-hydrogen) atoms. The van der Waals surface area contributed by atoms with Crippen molar-refractivity contribution in [3.8, 4) is 0 Å². The van der Waals surface area contributed by atoms with Crippen molar-refractivity contribution in [2.24, 2.45) is 10.4 Å². The van der Waals surface area contributed by atoms with Crippen LogP contribution in [0.1, 0.15) is 25.7 Å². The van der Waals surface area contributed by atoms with Gasteiger partial charge in [-0.3, -0.25) is 4.31 Å². The fourth-order valence-electron chi connectivity index (χ4n) is 3.01. The number of fused-ring (bicyclic) bond motifs is 1. The number of nitrogens with zero attached hydrogens (tertiary/aromatic N) is 2. The third-order valence-corrected chi connectivity index (χ3v) is 7.15. The summed E-state index contributed by atoms with van der Waals surface area (Å²) in [5.74, 6) is 0. The fourth-order valence-corrected chi connectivity index (χ4v) is 5.25. The van der Waals surface area contributed by atoms with E-state index in [0.717, 1.165) is 18.2 Å². The first-order valence-corrected chi connectivity index (χ1v) is 9.35. The van der Waals surface area contributed by atoms with E-state index in [2.05, 4.69) is 20.9 Å². The van der Waals surface area contributed by atoms with Gasteiger partial charge < -0.3 is 0 Å². The quantitative estimate of drug-likeness (QED) is 0.780. The molecule has 0 radical (unpaired) electrons. The van der Waals surface area contributed by atoms with Gasteiger partial charge >= 0.3 is 0 Å². The second-order valence-corrected chi connectivity index (χ2v) is 8.02. The number of halogens is 1. The summed E-state index contributed by atoms with van der Waals surface area (Å²) >= 11 is 3.56. The van der Waals surface area contributed by atoms with Gasteiger partial charge in [0.1, 0.15) is 11.2 Å². The Bertz CT molecular complexity index is 636. The van der Waals surface area contributed by atoms with Crippen LogP contribution in [-0.4, -0.2) is 30.9 Å². The molecule has 108 valence electrons. The largest absolute Gasteiger partial charge is 0.267 e. The van der Waals surface area contributed by atoms with Gasteiger partial charge in [0.25, 0.3) is 10.0 Å². The van der Waals surface area contributed by atoms with E-state index in [9.17, 15) is 8.42 Å². The number of hydrogen-bond acceptors (Lipinski definition) is 3. The Kier molecular flexibility index (Phi) is 3.62. The Labute approximate surface area is 128 Å². The molecule has 1 fully saturated rings. The molecule has 0 N–H and O–H groups in total. The summed E-state index contributed by atoms with van der Waals surface area (Å²) in [6.07, 6.45) is 5.96. The molecule has 0 saturated heterocycles. The van der Waals surface area contributed by atoms with Crippen LogP contribution in [0.4, 0.5) is 5.69 Å². The van der Waals surface area contributed by atoms with Gasteiger partial charge in [0.15, 0.2) is 0 Å². The molecule has 0 bridgehead atoms.